The molecule has 1 heteroatoms. The summed E-state index contributed by atoms with van der Waals surface area (Å²) in [7, 11) is 0. The van der Waals surface area contributed by atoms with E-state index < -0.39 is 0 Å². The van der Waals surface area contributed by atoms with E-state index in [0.29, 0.717) is 23.0 Å². The van der Waals surface area contributed by atoms with E-state index in [1.165, 1.54) is 32.1 Å². The van der Waals surface area contributed by atoms with Crippen LogP contribution in [-0.4, -0.2) is 5.78 Å². The standard InChI is InChI=1S/C13H22O/c1-10-8-12(14)9-11(2)13(10)6-4-3-5-7-13/h10-11H,3-9H2,1-2H3. The highest BCUT2D eigenvalue weighted by molar-refractivity contribution is 5.80. The first-order chi connectivity index (χ1) is 6.65. The summed E-state index contributed by atoms with van der Waals surface area (Å²) in [5.74, 6) is 1.78. The van der Waals surface area contributed by atoms with Gasteiger partial charge < -0.3 is 0 Å². The minimum Gasteiger partial charge on any atom is -0.300 e. The van der Waals surface area contributed by atoms with E-state index in [4.69, 9.17) is 0 Å². The number of carbonyl (C=O) groups excluding carboxylic acids is 1. The number of rotatable bonds is 0. The lowest BCUT2D eigenvalue weighted by Gasteiger charge is -2.49. The maximum atomic E-state index is 11.5. The van der Waals surface area contributed by atoms with E-state index >= 15 is 0 Å². The Balaban J connectivity index is 2.18. The van der Waals surface area contributed by atoms with Gasteiger partial charge in [0, 0.05) is 12.8 Å². The molecule has 2 aliphatic carbocycles. The predicted octanol–water partition coefficient (Wildman–Crippen LogP) is 3.57. The molecule has 2 unspecified atom stereocenters. The second-order valence-electron chi connectivity index (χ2n) is 5.54. The zero-order valence-corrected chi connectivity index (χ0v) is 9.51. The van der Waals surface area contributed by atoms with Crippen LogP contribution >= 0.6 is 0 Å². The Morgan fingerprint density at radius 1 is 1.00 bits per heavy atom. The molecule has 0 radical (unpaired) electrons. The molecule has 1 nitrogen and oxygen atoms in total. The van der Waals surface area contributed by atoms with E-state index in [1.807, 2.05) is 0 Å². The van der Waals surface area contributed by atoms with Gasteiger partial charge in [-0.3, -0.25) is 4.79 Å². The molecule has 0 saturated heterocycles. The molecule has 0 aromatic rings. The van der Waals surface area contributed by atoms with Crippen LogP contribution in [0, 0.1) is 17.3 Å². The van der Waals surface area contributed by atoms with Crippen LogP contribution in [0.25, 0.3) is 0 Å². The highest BCUT2D eigenvalue weighted by atomic mass is 16.1. The Hall–Kier alpha value is -0.330. The third-order valence-electron chi connectivity index (χ3n) is 4.82. The maximum absolute atomic E-state index is 11.5. The molecular weight excluding hydrogens is 172 g/mol. The molecule has 0 heterocycles. The van der Waals surface area contributed by atoms with Crippen LogP contribution in [0.2, 0.25) is 0 Å². The van der Waals surface area contributed by atoms with Gasteiger partial charge in [-0.15, -0.1) is 0 Å². The average Bonchev–Trinajstić information content (AvgIpc) is 2.16. The minimum atomic E-state index is 0.501. The summed E-state index contributed by atoms with van der Waals surface area (Å²) in [5, 5.41) is 0. The lowest BCUT2D eigenvalue weighted by molar-refractivity contribution is -0.129. The van der Waals surface area contributed by atoms with Gasteiger partial charge in [0.15, 0.2) is 0 Å². The van der Waals surface area contributed by atoms with Crippen molar-refractivity contribution in [3.05, 3.63) is 0 Å². The Morgan fingerprint density at radius 3 is 2.00 bits per heavy atom. The molecule has 2 aliphatic rings. The van der Waals surface area contributed by atoms with Gasteiger partial charge in [0.2, 0.25) is 0 Å². The van der Waals surface area contributed by atoms with Crippen LogP contribution in [-0.2, 0) is 4.79 Å². The monoisotopic (exact) mass is 194 g/mol. The zero-order valence-electron chi connectivity index (χ0n) is 9.51. The third kappa shape index (κ3) is 1.51. The quantitative estimate of drug-likeness (QED) is 0.576. The lowest BCUT2D eigenvalue weighted by Crippen LogP contribution is -2.43. The van der Waals surface area contributed by atoms with E-state index in [9.17, 15) is 4.79 Å². The summed E-state index contributed by atoms with van der Waals surface area (Å²) in [6.45, 7) is 4.61. The van der Waals surface area contributed by atoms with E-state index in [2.05, 4.69) is 13.8 Å². The zero-order chi connectivity index (χ0) is 10.2. The summed E-state index contributed by atoms with van der Waals surface area (Å²) in [6, 6.07) is 0. The van der Waals surface area contributed by atoms with Gasteiger partial charge in [0.25, 0.3) is 0 Å². The number of hydrogen-bond donors (Lipinski definition) is 0. The topological polar surface area (TPSA) is 17.1 Å². The van der Waals surface area contributed by atoms with Gasteiger partial charge in [0.1, 0.15) is 5.78 Å². The summed E-state index contributed by atoms with van der Waals surface area (Å²) in [6.07, 6.45) is 8.65. The fourth-order valence-electron chi connectivity index (χ4n) is 3.85. The van der Waals surface area contributed by atoms with Gasteiger partial charge in [-0.2, -0.15) is 0 Å². The highest BCUT2D eigenvalue weighted by Gasteiger charge is 2.45. The summed E-state index contributed by atoms with van der Waals surface area (Å²) in [5.41, 5.74) is 0.534. The van der Waals surface area contributed by atoms with Crippen molar-refractivity contribution >= 4 is 5.78 Å². The Labute approximate surface area is 87.3 Å². The van der Waals surface area contributed by atoms with Crippen LogP contribution in [0.5, 0.6) is 0 Å². The molecule has 2 fully saturated rings. The Morgan fingerprint density at radius 2 is 1.50 bits per heavy atom. The summed E-state index contributed by atoms with van der Waals surface area (Å²) >= 11 is 0. The third-order valence-corrected chi connectivity index (χ3v) is 4.82. The number of carbonyl (C=O) groups is 1. The van der Waals surface area contributed by atoms with Crippen molar-refractivity contribution < 1.29 is 4.79 Å². The summed E-state index contributed by atoms with van der Waals surface area (Å²) < 4.78 is 0. The van der Waals surface area contributed by atoms with Gasteiger partial charge >= 0.3 is 0 Å². The lowest BCUT2D eigenvalue weighted by atomic mass is 9.55. The average molecular weight is 194 g/mol. The van der Waals surface area contributed by atoms with Crippen molar-refractivity contribution in [3.63, 3.8) is 0 Å². The van der Waals surface area contributed by atoms with Crippen LogP contribution in [0.15, 0.2) is 0 Å². The largest absolute Gasteiger partial charge is 0.300 e. The number of ketones is 1. The normalized spacial score (nSPS) is 37.4. The molecule has 0 aromatic carbocycles. The molecule has 0 bridgehead atoms. The Bertz CT molecular complexity index is 209. The van der Waals surface area contributed by atoms with Crippen molar-refractivity contribution in [2.45, 2.75) is 58.8 Å². The molecular formula is C13H22O. The van der Waals surface area contributed by atoms with Crippen molar-refractivity contribution in [1.29, 1.82) is 0 Å². The highest BCUT2D eigenvalue weighted by Crippen LogP contribution is 2.53. The molecule has 2 saturated carbocycles. The molecule has 1 spiro atoms. The fourth-order valence-corrected chi connectivity index (χ4v) is 3.85. The van der Waals surface area contributed by atoms with Gasteiger partial charge in [-0.25, -0.2) is 0 Å². The fraction of sp³-hybridized carbons (Fsp3) is 0.923. The van der Waals surface area contributed by atoms with Crippen molar-refractivity contribution in [3.8, 4) is 0 Å². The first-order valence-electron chi connectivity index (χ1n) is 6.17. The second kappa shape index (κ2) is 3.67. The Kier molecular flexibility index (Phi) is 2.68. The van der Waals surface area contributed by atoms with Crippen LogP contribution < -0.4 is 0 Å². The maximum Gasteiger partial charge on any atom is 0.133 e. The smallest absolute Gasteiger partial charge is 0.133 e. The molecule has 0 aliphatic heterocycles. The van der Waals surface area contributed by atoms with E-state index in [-0.39, 0.29) is 0 Å². The van der Waals surface area contributed by atoms with Gasteiger partial charge in [0.05, 0.1) is 0 Å². The van der Waals surface area contributed by atoms with Crippen LogP contribution in [0.3, 0.4) is 0 Å². The second-order valence-corrected chi connectivity index (χ2v) is 5.54. The van der Waals surface area contributed by atoms with Crippen molar-refractivity contribution in [2.75, 3.05) is 0 Å². The molecule has 0 N–H and O–H groups in total. The van der Waals surface area contributed by atoms with Crippen LogP contribution in [0.1, 0.15) is 58.8 Å². The SMILES string of the molecule is CC1CC(=O)CC(C)C12CCCCC2. The first kappa shape index (κ1) is 10.2. The molecule has 0 aromatic heterocycles. The van der Waals surface area contributed by atoms with Gasteiger partial charge in [-0.05, 0) is 30.1 Å². The van der Waals surface area contributed by atoms with E-state index in [0.717, 1.165) is 12.8 Å². The molecule has 2 rings (SSSR count). The number of Topliss-reactive ketones (excluding diaryl/α,β-unsaturated/α-hetero) is 1. The minimum absolute atomic E-state index is 0.501. The van der Waals surface area contributed by atoms with E-state index in [1.54, 1.807) is 0 Å². The summed E-state index contributed by atoms with van der Waals surface area (Å²) in [4.78, 5) is 11.5. The molecule has 80 valence electrons. The van der Waals surface area contributed by atoms with Crippen molar-refractivity contribution in [2.24, 2.45) is 17.3 Å². The predicted molar refractivity (Wildman–Crippen MR) is 58.1 cm³/mol. The number of hydrogen-bond acceptors (Lipinski definition) is 1. The molecule has 2 atom stereocenters. The van der Waals surface area contributed by atoms with Gasteiger partial charge in [-0.1, -0.05) is 33.1 Å². The first-order valence-corrected chi connectivity index (χ1v) is 6.17. The molecule has 14 heavy (non-hydrogen) atoms. The van der Waals surface area contributed by atoms with Crippen LogP contribution in [0.4, 0.5) is 0 Å². The van der Waals surface area contributed by atoms with Crippen molar-refractivity contribution in [1.82, 2.24) is 0 Å². The molecule has 0 amide bonds.